The van der Waals surface area contributed by atoms with E-state index in [9.17, 15) is 14.7 Å². The molecule has 168 valence electrons. The molecule has 3 aliphatic rings. The third-order valence-corrected chi connectivity index (χ3v) is 7.34. The first-order valence-electron chi connectivity index (χ1n) is 11.5. The summed E-state index contributed by atoms with van der Waals surface area (Å²) in [5.41, 5.74) is 3.24. The summed E-state index contributed by atoms with van der Waals surface area (Å²) in [6.45, 7) is 0.184. The maximum Gasteiger partial charge on any atom is 0.411 e. The minimum Gasteiger partial charge on any atom is -0.479 e. The van der Waals surface area contributed by atoms with Crippen LogP contribution in [0.2, 0.25) is 0 Å². The average Bonchev–Trinajstić information content (AvgIpc) is 3.59. The highest BCUT2D eigenvalue weighted by atomic mass is 16.6. The minimum absolute atomic E-state index is 0.0576. The second-order valence-electron chi connectivity index (χ2n) is 9.10. The van der Waals surface area contributed by atoms with Crippen LogP contribution in [0.4, 0.5) is 4.79 Å². The van der Waals surface area contributed by atoms with Crippen LogP contribution in [0.25, 0.3) is 11.1 Å². The van der Waals surface area contributed by atoms with Crippen LogP contribution in [0.3, 0.4) is 0 Å². The Hall–Kier alpha value is -2.86. The number of carbonyl (C=O) groups excluding carboxylic acids is 1. The number of rotatable bonds is 6. The molecule has 0 aliphatic heterocycles. The van der Waals surface area contributed by atoms with E-state index in [0.717, 1.165) is 47.9 Å². The number of methoxy groups -OCH3 is 1. The van der Waals surface area contributed by atoms with Crippen LogP contribution in [0.15, 0.2) is 48.5 Å². The molecule has 1 N–H and O–H groups in total. The van der Waals surface area contributed by atoms with E-state index in [4.69, 9.17) is 9.47 Å². The van der Waals surface area contributed by atoms with E-state index >= 15 is 0 Å². The standard InChI is InChI=1S/C26H29NO5/c1-31-23-12-6-7-15-26(23,24(28)29)27(17-13-14-17)25(30)32-16-22-20-10-4-2-8-18(20)19-9-3-5-11-21(19)22/h2-5,8-11,17,22-23H,6-7,12-16H2,1H3,(H,28,29). The number of hydrogen-bond acceptors (Lipinski definition) is 4. The molecular weight excluding hydrogens is 406 g/mol. The molecule has 2 unspecified atom stereocenters. The Morgan fingerprint density at radius 2 is 1.62 bits per heavy atom. The van der Waals surface area contributed by atoms with E-state index in [0.29, 0.717) is 12.8 Å². The molecule has 0 radical (unpaired) electrons. The van der Waals surface area contributed by atoms with Crippen LogP contribution in [-0.4, -0.2) is 53.5 Å². The summed E-state index contributed by atoms with van der Waals surface area (Å²) < 4.78 is 11.5. The molecule has 0 spiro atoms. The molecule has 32 heavy (non-hydrogen) atoms. The molecule has 0 heterocycles. The molecule has 6 nitrogen and oxygen atoms in total. The minimum atomic E-state index is -1.36. The molecule has 5 rings (SSSR count). The van der Waals surface area contributed by atoms with Gasteiger partial charge in [0.25, 0.3) is 0 Å². The topological polar surface area (TPSA) is 76.1 Å². The second kappa shape index (κ2) is 8.24. The van der Waals surface area contributed by atoms with Gasteiger partial charge < -0.3 is 14.6 Å². The van der Waals surface area contributed by atoms with Crippen molar-refractivity contribution in [2.75, 3.05) is 13.7 Å². The van der Waals surface area contributed by atoms with Crippen molar-refractivity contribution in [3.8, 4) is 11.1 Å². The van der Waals surface area contributed by atoms with Gasteiger partial charge in [0.1, 0.15) is 6.61 Å². The number of hydrogen-bond donors (Lipinski definition) is 1. The smallest absolute Gasteiger partial charge is 0.411 e. The Labute approximate surface area is 188 Å². The Balaban J connectivity index is 1.42. The monoisotopic (exact) mass is 435 g/mol. The summed E-state index contributed by atoms with van der Waals surface area (Å²) in [6.07, 6.45) is 3.20. The van der Waals surface area contributed by atoms with Gasteiger partial charge in [0.15, 0.2) is 5.54 Å². The number of carboxylic acids is 1. The molecule has 2 atom stereocenters. The molecule has 1 amide bonds. The maximum atomic E-state index is 13.5. The van der Waals surface area contributed by atoms with Crippen molar-refractivity contribution in [2.24, 2.45) is 0 Å². The normalized spacial score (nSPS) is 24.5. The Morgan fingerprint density at radius 3 is 2.19 bits per heavy atom. The molecule has 2 fully saturated rings. The Kier molecular flexibility index (Phi) is 5.41. The molecule has 3 aliphatic carbocycles. The van der Waals surface area contributed by atoms with Gasteiger partial charge in [-0.1, -0.05) is 61.4 Å². The van der Waals surface area contributed by atoms with E-state index in [1.54, 1.807) is 0 Å². The van der Waals surface area contributed by atoms with E-state index in [2.05, 4.69) is 24.3 Å². The average molecular weight is 436 g/mol. The van der Waals surface area contributed by atoms with E-state index in [-0.39, 0.29) is 18.6 Å². The zero-order valence-electron chi connectivity index (χ0n) is 18.3. The lowest BCUT2D eigenvalue weighted by Crippen LogP contribution is -2.66. The van der Waals surface area contributed by atoms with Crippen molar-refractivity contribution in [2.45, 2.75) is 62.1 Å². The predicted molar refractivity (Wildman–Crippen MR) is 120 cm³/mol. The number of amides is 1. The lowest BCUT2D eigenvalue weighted by molar-refractivity contribution is -0.166. The van der Waals surface area contributed by atoms with Crippen LogP contribution >= 0.6 is 0 Å². The fraction of sp³-hybridized carbons (Fsp3) is 0.462. The third kappa shape index (κ3) is 3.28. The second-order valence-corrected chi connectivity index (χ2v) is 9.10. The molecule has 0 bridgehead atoms. The van der Waals surface area contributed by atoms with E-state index < -0.39 is 23.7 Å². The predicted octanol–water partition coefficient (Wildman–Crippen LogP) is 4.81. The highest BCUT2D eigenvalue weighted by Crippen LogP contribution is 2.46. The number of ether oxygens (including phenoxy) is 2. The van der Waals surface area contributed by atoms with Gasteiger partial charge in [-0.2, -0.15) is 0 Å². The first-order chi connectivity index (χ1) is 15.6. The molecular formula is C26H29NO5. The number of fused-ring (bicyclic) bond motifs is 3. The number of nitrogens with zero attached hydrogens (tertiary/aromatic N) is 1. The van der Waals surface area contributed by atoms with Crippen molar-refractivity contribution in [1.29, 1.82) is 0 Å². The van der Waals surface area contributed by atoms with Crippen molar-refractivity contribution in [3.05, 3.63) is 59.7 Å². The van der Waals surface area contributed by atoms with Crippen LogP contribution in [0.5, 0.6) is 0 Å². The number of carbonyl (C=O) groups is 2. The third-order valence-electron chi connectivity index (χ3n) is 7.34. The first kappa shape index (κ1) is 21.0. The number of aliphatic carboxylic acids is 1. The molecule has 2 aromatic carbocycles. The molecule has 0 aromatic heterocycles. The van der Waals surface area contributed by atoms with Crippen LogP contribution in [0, 0.1) is 0 Å². The lowest BCUT2D eigenvalue weighted by atomic mass is 9.77. The van der Waals surface area contributed by atoms with Crippen molar-refractivity contribution in [3.63, 3.8) is 0 Å². The maximum absolute atomic E-state index is 13.5. The van der Waals surface area contributed by atoms with Crippen molar-refractivity contribution < 1.29 is 24.2 Å². The van der Waals surface area contributed by atoms with Crippen LogP contribution < -0.4 is 0 Å². The SMILES string of the molecule is COC1CCCCC1(C(=O)O)N(C(=O)OCC1c2ccccc2-c2ccccc21)C1CC1. The van der Waals surface area contributed by atoms with Gasteiger partial charge in [-0.25, -0.2) is 9.59 Å². The molecule has 2 saturated carbocycles. The summed E-state index contributed by atoms with van der Waals surface area (Å²) >= 11 is 0. The van der Waals surface area contributed by atoms with Gasteiger partial charge >= 0.3 is 12.1 Å². The highest BCUT2D eigenvalue weighted by molar-refractivity contribution is 5.86. The Morgan fingerprint density at radius 1 is 1.00 bits per heavy atom. The summed E-state index contributed by atoms with van der Waals surface area (Å²) in [6, 6.07) is 16.3. The largest absolute Gasteiger partial charge is 0.479 e. The summed E-state index contributed by atoms with van der Waals surface area (Å²) in [7, 11) is 1.54. The Bertz CT molecular complexity index is 987. The molecule has 6 heteroatoms. The van der Waals surface area contributed by atoms with Gasteiger partial charge in [0, 0.05) is 19.1 Å². The summed E-state index contributed by atoms with van der Waals surface area (Å²) in [5.74, 6) is -1.05. The molecule has 2 aromatic rings. The zero-order valence-corrected chi connectivity index (χ0v) is 18.3. The van der Waals surface area contributed by atoms with Crippen LogP contribution in [-0.2, 0) is 14.3 Å². The van der Waals surface area contributed by atoms with Crippen molar-refractivity contribution >= 4 is 12.1 Å². The first-order valence-corrected chi connectivity index (χ1v) is 11.5. The lowest BCUT2D eigenvalue weighted by Gasteiger charge is -2.47. The number of carboxylic acid groups (broad SMARTS) is 1. The summed E-state index contributed by atoms with van der Waals surface area (Å²) in [4.78, 5) is 27.6. The van der Waals surface area contributed by atoms with Gasteiger partial charge in [0.2, 0.25) is 0 Å². The van der Waals surface area contributed by atoms with Gasteiger partial charge in [-0.05, 0) is 47.9 Å². The highest BCUT2D eigenvalue weighted by Gasteiger charge is 2.58. The quantitative estimate of drug-likeness (QED) is 0.705. The van der Waals surface area contributed by atoms with E-state index in [1.807, 2.05) is 24.3 Å². The van der Waals surface area contributed by atoms with E-state index in [1.165, 1.54) is 12.0 Å². The zero-order chi connectivity index (χ0) is 22.3. The fourth-order valence-electron chi connectivity index (χ4n) is 5.69. The van der Waals surface area contributed by atoms with Crippen molar-refractivity contribution in [1.82, 2.24) is 4.90 Å². The molecule has 0 saturated heterocycles. The summed E-state index contributed by atoms with van der Waals surface area (Å²) in [5, 5.41) is 10.3. The van der Waals surface area contributed by atoms with Crippen LogP contribution in [0.1, 0.15) is 55.6 Å². The van der Waals surface area contributed by atoms with Gasteiger partial charge in [0.05, 0.1) is 6.10 Å². The van der Waals surface area contributed by atoms with Gasteiger partial charge in [-0.15, -0.1) is 0 Å². The fourth-order valence-corrected chi connectivity index (χ4v) is 5.69. The number of benzene rings is 2. The van der Waals surface area contributed by atoms with Gasteiger partial charge in [-0.3, -0.25) is 4.90 Å².